The molecule has 0 heterocycles. The molecule has 0 fully saturated rings. The standard InChI is InChI=1S/C16H26ClN3O/c1-5-6-11-20(3)16(18-2)19-10-9-13-7-8-14(21-4)12-15(13)17/h7-8,12H,5-6,9-11H2,1-4H3,(H,18,19). The number of guanidine groups is 1. The second kappa shape index (κ2) is 9.50. The van der Waals surface area contributed by atoms with Crippen molar-refractivity contribution >= 4 is 17.6 Å². The number of nitrogens with zero attached hydrogens (tertiary/aromatic N) is 2. The van der Waals surface area contributed by atoms with Gasteiger partial charge >= 0.3 is 0 Å². The van der Waals surface area contributed by atoms with E-state index >= 15 is 0 Å². The van der Waals surface area contributed by atoms with Gasteiger partial charge in [0, 0.05) is 32.2 Å². The molecule has 0 aliphatic heterocycles. The maximum Gasteiger partial charge on any atom is 0.193 e. The number of ether oxygens (including phenoxy) is 1. The molecule has 1 aromatic carbocycles. The number of methoxy groups -OCH3 is 1. The largest absolute Gasteiger partial charge is 0.497 e. The molecule has 0 saturated heterocycles. The van der Waals surface area contributed by atoms with Crippen LogP contribution in [0, 0.1) is 0 Å². The minimum Gasteiger partial charge on any atom is -0.497 e. The van der Waals surface area contributed by atoms with Crippen LogP contribution < -0.4 is 10.1 Å². The van der Waals surface area contributed by atoms with E-state index in [1.807, 2.05) is 25.2 Å². The fourth-order valence-electron chi connectivity index (χ4n) is 2.05. The van der Waals surface area contributed by atoms with E-state index in [-0.39, 0.29) is 0 Å². The first kappa shape index (κ1) is 17.6. The Morgan fingerprint density at radius 2 is 2.19 bits per heavy atom. The van der Waals surface area contributed by atoms with E-state index in [0.717, 1.165) is 41.8 Å². The Morgan fingerprint density at radius 1 is 1.43 bits per heavy atom. The molecule has 1 rings (SSSR count). The minimum atomic E-state index is 0.741. The van der Waals surface area contributed by atoms with Crippen LogP contribution in [0.1, 0.15) is 25.3 Å². The predicted octanol–water partition coefficient (Wildman–Crippen LogP) is 3.20. The van der Waals surface area contributed by atoms with Crippen LogP contribution in [0.3, 0.4) is 0 Å². The van der Waals surface area contributed by atoms with E-state index < -0.39 is 0 Å². The van der Waals surface area contributed by atoms with Crippen molar-refractivity contribution in [3.8, 4) is 5.75 Å². The average molecular weight is 312 g/mol. The SMILES string of the molecule is CCCCN(C)C(=NC)NCCc1ccc(OC)cc1Cl. The maximum absolute atomic E-state index is 6.24. The van der Waals surface area contributed by atoms with Gasteiger partial charge in [-0.1, -0.05) is 31.0 Å². The third-order valence-electron chi connectivity index (χ3n) is 3.36. The molecular weight excluding hydrogens is 286 g/mol. The second-order valence-electron chi connectivity index (χ2n) is 4.96. The predicted molar refractivity (Wildman–Crippen MR) is 90.6 cm³/mol. The number of hydrogen-bond donors (Lipinski definition) is 1. The fraction of sp³-hybridized carbons (Fsp3) is 0.562. The van der Waals surface area contributed by atoms with Crippen molar-refractivity contribution in [1.82, 2.24) is 10.2 Å². The van der Waals surface area contributed by atoms with Gasteiger partial charge in [-0.25, -0.2) is 0 Å². The molecule has 0 spiro atoms. The maximum atomic E-state index is 6.24. The van der Waals surface area contributed by atoms with Crippen LogP contribution in [0.2, 0.25) is 5.02 Å². The number of aliphatic imine (C=N–C) groups is 1. The van der Waals surface area contributed by atoms with Gasteiger partial charge in [-0.3, -0.25) is 4.99 Å². The summed E-state index contributed by atoms with van der Waals surface area (Å²) >= 11 is 6.24. The minimum absolute atomic E-state index is 0.741. The van der Waals surface area contributed by atoms with Gasteiger partial charge in [-0.2, -0.15) is 0 Å². The summed E-state index contributed by atoms with van der Waals surface area (Å²) in [5.74, 6) is 1.71. The first-order valence-electron chi connectivity index (χ1n) is 7.36. The molecule has 5 heteroatoms. The molecule has 0 radical (unpaired) electrons. The summed E-state index contributed by atoms with van der Waals surface area (Å²) < 4.78 is 5.15. The van der Waals surface area contributed by atoms with E-state index in [1.165, 1.54) is 12.8 Å². The van der Waals surface area contributed by atoms with Crippen LogP contribution in [0.5, 0.6) is 5.75 Å². The summed E-state index contributed by atoms with van der Waals surface area (Å²) in [6.07, 6.45) is 3.20. The molecule has 0 atom stereocenters. The molecule has 0 aliphatic carbocycles. The van der Waals surface area contributed by atoms with Crippen LogP contribution in [-0.4, -0.2) is 45.2 Å². The Morgan fingerprint density at radius 3 is 2.76 bits per heavy atom. The molecule has 0 aliphatic rings. The highest BCUT2D eigenvalue weighted by atomic mass is 35.5. The number of hydrogen-bond acceptors (Lipinski definition) is 2. The molecular formula is C16H26ClN3O. The topological polar surface area (TPSA) is 36.9 Å². The van der Waals surface area contributed by atoms with Crippen molar-refractivity contribution in [3.05, 3.63) is 28.8 Å². The first-order valence-corrected chi connectivity index (χ1v) is 7.74. The van der Waals surface area contributed by atoms with Crippen molar-refractivity contribution in [2.45, 2.75) is 26.2 Å². The molecule has 21 heavy (non-hydrogen) atoms. The smallest absolute Gasteiger partial charge is 0.193 e. The van der Waals surface area contributed by atoms with E-state index in [9.17, 15) is 0 Å². The van der Waals surface area contributed by atoms with Crippen molar-refractivity contribution in [1.29, 1.82) is 0 Å². The second-order valence-corrected chi connectivity index (χ2v) is 5.36. The number of unbranched alkanes of at least 4 members (excludes halogenated alkanes) is 1. The Labute approximate surface area is 133 Å². The lowest BCUT2D eigenvalue weighted by Crippen LogP contribution is -2.40. The van der Waals surface area contributed by atoms with Gasteiger partial charge in [0.2, 0.25) is 0 Å². The summed E-state index contributed by atoms with van der Waals surface area (Å²) in [4.78, 5) is 6.45. The molecule has 0 amide bonds. The molecule has 118 valence electrons. The summed E-state index contributed by atoms with van der Waals surface area (Å²) in [6, 6.07) is 5.79. The summed E-state index contributed by atoms with van der Waals surface area (Å²) in [6.45, 7) is 4.00. The summed E-state index contributed by atoms with van der Waals surface area (Å²) in [5.41, 5.74) is 1.11. The van der Waals surface area contributed by atoms with E-state index in [4.69, 9.17) is 16.3 Å². The van der Waals surface area contributed by atoms with Gasteiger partial charge in [0.1, 0.15) is 5.75 Å². The fourth-order valence-corrected chi connectivity index (χ4v) is 2.32. The van der Waals surface area contributed by atoms with Gasteiger partial charge in [-0.15, -0.1) is 0 Å². The number of benzene rings is 1. The zero-order valence-electron chi connectivity index (χ0n) is 13.4. The van der Waals surface area contributed by atoms with Crippen molar-refractivity contribution in [3.63, 3.8) is 0 Å². The third kappa shape index (κ3) is 5.84. The zero-order valence-corrected chi connectivity index (χ0v) is 14.2. The number of nitrogens with one attached hydrogen (secondary N) is 1. The lowest BCUT2D eigenvalue weighted by atomic mass is 10.1. The van der Waals surface area contributed by atoms with Gasteiger partial charge in [-0.05, 0) is 30.5 Å². The van der Waals surface area contributed by atoms with Crippen LogP contribution in [0.15, 0.2) is 23.2 Å². The Bertz CT molecular complexity index is 463. The molecule has 1 N–H and O–H groups in total. The van der Waals surface area contributed by atoms with Crippen molar-refractivity contribution < 1.29 is 4.74 Å². The van der Waals surface area contributed by atoms with E-state index in [0.29, 0.717) is 0 Å². The Balaban J connectivity index is 2.48. The van der Waals surface area contributed by atoms with E-state index in [1.54, 1.807) is 7.11 Å². The monoisotopic (exact) mass is 311 g/mol. The highest BCUT2D eigenvalue weighted by molar-refractivity contribution is 6.31. The molecule has 4 nitrogen and oxygen atoms in total. The quantitative estimate of drug-likeness (QED) is 0.620. The van der Waals surface area contributed by atoms with Gasteiger partial charge in [0.15, 0.2) is 5.96 Å². The lowest BCUT2D eigenvalue weighted by molar-refractivity contribution is 0.414. The molecule has 0 saturated carbocycles. The van der Waals surface area contributed by atoms with E-state index in [2.05, 4.69) is 29.2 Å². The Kier molecular flexibility index (Phi) is 7.98. The molecule has 0 bridgehead atoms. The first-order chi connectivity index (χ1) is 10.1. The highest BCUT2D eigenvalue weighted by Gasteiger charge is 2.06. The van der Waals surface area contributed by atoms with Crippen molar-refractivity contribution in [2.75, 3.05) is 34.3 Å². The summed E-state index contributed by atoms with van der Waals surface area (Å²) in [7, 11) is 5.51. The van der Waals surface area contributed by atoms with Gasteiger partial charge < -0.3 is 15.0 Å². The Hall–Kier alpha value is -1.42. The van der Waals surface area contributed by atoms with Crippen LogP contribution in [0.4, 0.5) is 0 Å². The molecule has 0 aromatic heterocycles. The van der Waals surface area contributed by atoms with Crippen LogP contribution in [0.25, 0.3) is 0 Å². The van der Waals surface area contributed by atoms with Crippen LogP contribution in [-0.2, 0) is 6.42 Å². The normalized spacial score (nSPS) is 11.4. The third-order valence-corrected chi connectivity index (χ3v) is 3.71. The highest BCUT2D eigenvalue weighted by Crippen LogP contribution is 2.22. The molecule has 1 aromatic rings. The van der Waals surface area contributed by atoms with Gasteiger partial charge in [0.25, 0.3) is 0 Å². The zero-order chi connectivity index (χ0) is 15.7. The summed E-state index contributed by atoms with van der Waals surface area (Å²) in [5, 5.41) is 4.11. The average Bonchev–Trinajstić information content (AvgIpc) is 2.50. The number of rotatable bonds is 7. The van der Waals surface area contributed by atoms with Crippen molar-refractivity contribution in [2.24, 2.45) is 4.99 Å². The van der Waals surface area contributed by atoms with Crippen LogP contribution >= 0.6 is 11.6 Å². The lowest BCUT2D eigenvalue weighted by Gasteiger charge is -2.21. The van der Waals surface area contributed by atoms with Gasteiger partial charge in [0.05, 0.1) is 7.11 Å². The molecule has 0 unspecified atom stereocenters. The number of halogens is 1.